The van der Waals surface area contributed by atoms with E-state index in [1.54, 1.807) is 6.33 Å². The molecule has 1 aromatic heterocycles. The molecule has 1 unspecified atom stereocenters. The van der Waals surface area contributed by atoms with Gasteiger partial charge in [0.25, 0.3) is 0 Å². The molecule has 1 atom stereocenters. The Kier molecular flexibility index (Phi) is 4.54. The molecular formula is C19H20N2O. The third-order valence-electron chi connectivity index (χ3n) is 3.74. The zero-order valence-electron chi connectivity index (χ0n) is 12.7. The van der Waals surface area contributed by atoms with Gasteiger partial charge in [0.1, 0.15) is 5.76 Å². The van der Waals surface area contributed by atoms with Gasteiger partial charge < -0.3 is 9.72 Å². The summed E-state index contributed by atoms with van der Waals surface area (Å²) in [5.41, 5.74) is 3.32. The fourth-order valence-corrected chi connectivity index (χ4v) is 2.46. The van der Waals surface area contributed by atoms with E-state index in [0.29, 0.717) is 12.5 Å². The maximum atomic E-state index is 6.11. The van der Waals surface area contributed by atoms with Crippen LogP contribution in [0.3, 0.4) is 0 Å². The van der Waals surface area contributed by atoms with E-state index in [1.807, 2.05) is 18.3 Å². The van der Waals surface area contributed by atoms with Crippen LogP contribution in [0.15, 0.2) is 72.9 Å². The number of benzene rings is 1. The molecule has 3 rings (SSSR count). The number of nitrogens with one attached hydrogen (secondary N) is 1. The third kappa shape index (κ3) is 3.37. The Morgan fingerprint density at radius 3 is 2.77 bits per heavy atom. The molecule has 0 radical (unpaired) electrons. The van der Waals surface area contributed by atoms with Crippen LogP contribution in [-0.2, 0) is 4.74 Å². The van der Waals surface area contributed by atoms with E-state index in [9.17, 15) is 0 Å². The molecule has 1 heterocycles. The molecule has 1 aliphatic rings. The summed E-state index contributed by atoms with van der Waals surface area (Å²) in [7, 11) is 0. The van der Waals surface area contributed by atoms with E-state index in [1.165, 1.54) is 5.56 Å². The van der Waals surface area contributed by atoms with Crippen molar-refractivity contribution >= 4 is 5.57 Å². The van der Waals surface area contributed by atoms with Crippen molar-refractivity contribution < 1.29 is 4.74 Å². The summed E-state index contributed by atoms with van der Waals surface area (Å²) in [6.07, 6.45) is 12.8. The predicted molar refractivity (Wildman–Crippen MR) is 89.2 cm³/mol. The minimum Gasteiger partial charge on any atom is -0.492 e. The van der Waals surface area contributed by atoms with Gasteiger partial charge in [0.15, 0.2) is 0 Å². The molecule has 1 N–H and O–H groups in total. The molecule has 3 nitrogen and oxygen atoms in total. The van der Waals surface area contributed by atoms with Crippen molar-refractivity contribution in [2.45, 2.75) is 19.3 Å². The van der Waals surface area contributed by atoms with Crippen molar-refractivity contribution in [1.82, 2.24) is 9.97 Å². The lowest BCUT2D eigenvalue weighted by molar-refractivity contribution is 0.210. The molecule has 112 valence electrons. The Balaban J connectivity index is 1.78. The van der Waals surface area contributed by atoms with Crippen LogP contribution >= 0.6 is 0 Å². The zero-order chi connectivity index (χ0) is 15.2. The Morgan fingerprint density at radius 1 is 1.18 bits per heavy atom. The monoisotopic (exact) mass is 292 g/mol. The van der Waals surface area contributed by atoms with Gasteiger partial charge in [0.2, 0.25) is 0 Å². The van der Waals surface area contributed by atoms with Gasteiger partial charge in [0.05, 0.1) is 24.8 Å². The van der Waals surface area contributed by atoms with Gasteiger partial charge in [-0.2, -0.15) is 0 Å². The second-order valence-corrected chi connectivity index (χ2v) is 5.41. The Hall–Kier alpha value is -2.55. The first-order chi connectivity index (χ1) is 10.8. The van der Waals surface area contributed by atoms with Crippen LogP contribution in [0.5, 0.6) is 0 Å². The van der Waals surface area contributed by atoms with Crippen molar-refractivity contribution in [2.75, 3.05) is 6.61 Å². The molecule has 0 fully saturated rings. The van der Waals surface area contributed by atoms with Crippen molar-refractivity contribution in [3.8, 4) is 0 Å². The first kappa shape index (κ1) is 14.4. The average molecular weight is 292 g/mol. The van der Waals surface area contributed by atoms with Gasteiger partial charge in [-0.3, -0.25) is 0 Å². The summed E-state index contributed by atoms with van der Waals surface area (Å²) in [6.45, 7) is 2.83. The summed E-state index contributed by atoms with van der Waals surface area (Å²) >= 11 is 0. The molecule has 0 spiro atoms. The molecule has 1 aromatic carbocycles. The second kappa shape index (κ2) is 6.94. The number of aromatic nitrogens is 2. The lowest BCUT2D eigenvalue weighted by atomic mass is 10.0. The lowest BCUT2D eigenvalue weighted by Crippen LogP contribution is -2.05. The van der Waals surface area contributed by atoms with Crippen molar-refractivity contribution in [3.05, 3.63) is 84.2 Å². The minimum atomic E-state index is 0.345. The van der Waals surface area contributed by atoms with Crippen LogP contribution in [0.25, 0.3) is 5.57 Å². The maximum Gasteiger partial charge on any atom is 0.128 e. The summed E-state index contributed by atoms with van der Waals surface area (Å²) in [5.74, 6) is 1.23. The highest BCUT2D eigenvalue weighted by molar-refractivity contribution is 5.75. The normalized spacial score (nSPS) is 15.7. The Morgan fingerprint density at radius 2 is 2.00 bits per heavy atom. The standard InChI is InChI=1S/C19H20N2O/c1-15(16-8-4-2-5-9-16)13-22-19-11-7-3-6-10-17(19)18-12-20-14-21-18/h2,4-12,14-15H,3,13H2,1H3,(H,20,21). The van der Waals surface area contributed by atoms with Gasteiger partial charge in [-0.15, -0.1) is 0 Å². The number of H-pyrrole nitrogens is 1. The van der Waals surface area contributed by atoms with Gasteiger partial charge in [-0.25, -0.2) is 4.98 Å². The zero-order valence-corrected chi connectivity index (χ0v) is 12.7. The van der Waals surface area contributed by atoms with Gasteiger partial charge in [-0.1, -0.05) is 55.5 Å². The smallest absolute Gasteiger partial charge is 0.128 e. The summed E-state index contributed by atoms with van der Waals surface area (Å²) in [6, 6.07) is 10.4. The molecular weight excluding hydrogens is 272 g/mol. The maximum absolute atomic E-state index is 6.11. The number of hydrogen-bond acceptors (Lipinski definition) is 2. The van der Waals surface area contributed by atoms with E-state index in [2.05, 4.69) is 59.4 Å². The van der Waals surface area contributed by atoms with E-state index in [4.69, 9.17) is 4.74 Å². The number of nitrogens with zero attached hydrogens (tertiary/aromatic N) is 1. The van der Waals surface area contributed by atoms with Crippen LogP contribution in [0, 0.1) is 0 Å². The molecule has 22 heavy (non-hydrogen) atoms. The molecule has 1 aliphatic carbocycles. The number of allylic oxidation sites excluding steroid dienone is 5. The number of rotatable bonds is 5. The number of hydrogen-bond donors (Lipinski definition) is 1. The number of imidazole rings is 1. The van der Waals surface area contributed by atoms with Gasteiger partial charge >= 0.3 is 0 Å². The van der Waals surface area contributed by atoms with Crippen molar-refractivity contribution in [3.63, 3.8) is 0 Å². The highest BCUT2D eigenvalue weighted by Crippen LogP contribution is 2.25. The van der Waals surface area contributed by atoms with Crippen LogP contribution in [0.4, 0.5) is 0 Å². The second-order valence-electron chi connectivity index (χ2n) is 5.41. The van der Waals surface area contributed by atoms with E-state index >= 15 is 0 Å². The van der Waals surface area contributed by atoms with Crippen molar-refractivity contribution in [2.24, 2.45) is 0 Å². The lowest BCUT2D eigenvalue weighted by Gasteiger charge is -2.15. The Labute approximate surface area is 131 Å². The van der Waals surface area contributed by atoms with Crippen LogP contribution in [0.1, 0.15) is 30.5 Å². The van der Waals surface area contributed by atoms with Crippen LogP contribution in [0.2, 0.25) is 0 Å². The summed E-state index contributed by atoms with van der Waals surface area (Å²) < 4.78 is 6.11. The number of aromatic amines is 1. The number of ether oxygens (including phenoxy) is 1. The van der Waals surface area contributed by atoms with Crippen LogP contribution in [-0.4, -0.2) is 16.6 Å². The minimum absolute atomic E-state index is 0.345. The molecule has 2 aromatic rings. The van der Waals surface area contributed by atoms with E-state index < -0.39 is 0 Å². The average Bonchev–Trinajstić information content (AvgIpc) is 2.99. The summed E-state index contributed by atoms with van der Waals surface area (Å²) in [4.78, 5) is 7.25. The topological polar surface area (TPSA) is 37.9 Å². The molecule has 0 amide bonds. The summed E-state index contributed by atoms with van der Waals surface area (Å²) in [5, 5.41) is 0. The van der Waals surface area contributed by atoms with Gasteiger partial charge in [-0.05, 0) is 18.1 Å². The molecule has 0 bridgehead atoms. The molecule has 0 saturated carbocycles. The van der Waals surface area contributed by atoms with Crippen molar-refractivity contribution in [1.29, 1.82) is 0 Å². The largest absolute Gasteiger partial charge is 0.492 e. The van der Waals surface area contributed by atoms with E-state index in [-0.39, 0.29) is 0 Å². The van der Waals surface area contributed by atoms with E-state index in [0.717, 1.165) is 23.4 Å². The molecule has 3 heteroatoms. The first-order valence-electron chi connectivity index (χ1n) is 7.58. The third-order valence-corrected chi connectivity index (χ3v) is 3.74. The fraction of sp³-hybridized carbons (Fsp3) is 0.211. The quantitative estimate of drug-likeness (QED) is 0.883. The molecule has 0 saturated heterocycles. The SMILES string of the molecule is CC(COC1=C(c2cnc[nH]2)C=CCC=C1)c1ccccc1. The van der Waals surface area contributed by atoms with Gasteiger partial charge in [0, 0.05) is 11.5 Å². The predicted octanol–water partition coefficient (Wildman–Crippen LogP) is 4.46. The molecule has 0 aliphatic heterocycles. The first-order valence-corrected chi connectivity index (χ1v) is 7.58. The fourth-order valence-electron chi connectivity index (χ4n) is 2.46. The van der Waals surface area contributed by atoms with Crippen LogP contribution < -0.4 is 0 Å². The highest BCUT2D eigenvalue weighted by Gasteiger charge is 2.12. The highest BCUT2D eigenvalue weighted by atomic mass is 16.5. The Bertz CT molecular complexity index is 681.